The van der Waals surface area contributed by atoms with Crippen LogP contribution in [0.2, 0.25) is 0 Å². The maximum absolute atomic E-state index is 11.0. The number of aliphatic hydroxyl groups is 1. The van der Waals surface area contributed by atoms with Crippen molar-refractivity contribution in [3.8, 4) is 0 Å². The fourth-order valence-electron chi connectivity index (χ4n) is 3.31. The van der Waals surface area contributed by atoms with Crippen LogP contribution in [0.3, 0.4) is 0 Å². The normalized spacial score (nSPS) is 14.0. The van der Waals surface area contributed by atoms with Gasteiger partial charge in [-0.2, -0.15) is 0 Å². The fraction of sp³-hybridized carbons (Fsp3) is 1.00. The van der Waals surface area contributed by atoms with E-state index in [0.29, 0.717) is 12.8 Å². The Morgan fingerprint density at radius 2 is 1.04 bits per heavy atom. The van der Waals surface area contributed by atoms with E-state index in [1.165, 1.54) is 57.8 Å². The molecule has 0 aromatic heterocycles. The zero-order valence-corrected chi connectivity index (χ0v) is 21.5. The standard InChI is InChI=1S/C20H42O4S.K/c1-3-20(25(22,23)24)18-16-14-12-10-8-6-4-5-7-9-11-13-15-17-19(2)21;/h19-21H,3-18H2,1-2H3,(H,22,23,24);/q;+1/p-1. The summed E-state index contributed by atoms with van der Waals surface area (Å²) in [6, 6.07) is 0. The van der Waals surface area contributed by atoms with Gasteiger partial charge in [0.15, 0.2) is 0 Å². The third kappa shape index (κ3) is 20.2. The molecule has 0 aliphatic carbocycles. The molecule has 0 fully saturated rings. The van der Waals surface area contributed by atoms with Crippen molar-refractivity contribution in [3.63, 3.8) is 0 Å². The molecule has 0 rings (SSSR count). The number of hydrogen-bond donors (Lipinski definition) is 1. The van der Waals surface area contributed by atoms with Gasteiger partial charge in [-0.1, -0.05) is 90.4 Å². The molecule has 0 saturated heterocycles. The average Bonchev–Trinajstić information content (AvgIpc) is 2.53. The van der Waals surface area contributed by atoms with Gasteiger partial charge in [0.25, 0.3) is 0 Å². The molecule has 0 aliphatic heterocycles. The monoisotopic (exact) mass is 416 g/mol. The summed E-state index contributed by atoms with van der Waals surface area (Å²) in [6.07, 6.45) is 17.6. The Kier molecular flexibility index (Phi) is 22.6. The molecule has 0 aromatic carbocycles. The minimum Gasteiger partial charge on any atom is -0.748 e. The Bertz CT molecular complexity index is 385. The van der Waals surface area contributed by atoms with E-state index in [1.807, 2.05) is 6.92 Å². The van der Waals surface area contributed by atoms with Gasteiger partial charge >= 0.3 is 51.4 Å². The van der Waals surface area contributed by atoms with E-state index in [2.05, 4.69) is 0 Å². The summed E-state index contributed by atoms with van der Waals surface area (Å²) >= 11 is 0. The van der Waals surface area contributed by atoms with E-state index < -0.39 is 15.4 Å². The van der Waals surface area contributed by atoms with Gasteiger partial charge in [0.1, 0.15) is 0 Å². The van der Waals surface area contributed by atoms with E-state index in [-0.39, 0.29) is 57.5 Å². The van der Waals surface area contributed by atoms with Gasteiger partial charge in [0.05, 0.1) is 16.2 Å². The zero-order chi connectivity index (χ0) is 19.0. The number of unbranched alkanes of at least 4 members (excludes halogenated alkanes) is 12. The second-order valence-corrected chi connectivity index (χ2v) is 9.20. The molecule has 0 saturated carbocycles. The quantitative estimate of drug-likeness (QED) is 0.212. The van der Waals surface area contributed by atoms with Crippen molar-refractivity contribution in [2.45, 2.75) is 128 Å². The summed E-state index contributed by atoms with van der Waals surface area (Å²) in [6.45, 7) is 3.63. The average molecular weight is 417 g/mol. The summed E-state index contributed by atoms with van der Waals surface area (Å²) in [5.41, 5.74) is 0. The first-order valence-electron chi connectivity index (χ1n) is 10.5. The Morgan fingerprint density at radius 1 is 0.731 bits per heavy atom. The molecule has 0 spiro atoms. The number of rotatable bonds is 18. The van der Waals surface area contributed by atoms with Crippen LogP contribution in [0.15, 0.2) is 0 Å². The minimum absolute atomic E-state index is 0. The van der Waals surface area contributed by atoms with Gasteiger partial charge in [0, 0.05) is 5.25 Å². The molecular formula is C20H41KO4S. The van der Waals surface area contributed by atoms with Crippen molar-refractivity contribution in [3.05, 3.63) is 0 Å². The molecular weight excluding hydrogens is 375 g/mol. The van der Waals surface area contributed by atoms with Crippen LogP contribution in [0.1, 0.15) is 117 Å². The number of hydrogen-bond acceptors (Lipinski definition) is 4. The van der Waals surface area contributed by atoms with Crippen LogP contribution in [-0.4, -0.2) is 29.4 Å². The summed E-state index contributed by atoms with van der Waals surface area (Å²) in [5.74, 6) is 0. The molecule has 0 amide bonds. The first kappa shape index (κ1) is 29.7. The molecule has 1 N–H and O–H groups in total. The Balaban J connectivity index is 0. The van der Waals surface area contributed by atoms with Gasteiger partial charge in [-0.3, -0.25) is 0 Å². The van der Waals surface area contributed by atoms with E-state index in [9.17, 15) is 18.1 Å². The van der Waals surface area contributed by atoms with Gasteiger partial charge in [-0.15, -0.1) is 0 Å². The van der Waals surface area contributed by atoms with Crippen molar-refractivity contribution in [2.24, 2.45) is 0 Å². The van der Waals surface area contributed by atoms with Crippen LogP contribution in [0, 0.1) is 0 Å². The van der Waals surface area contributed by atoms with E-state index in [1.54, 1.807) is 6.92 Å². The smallest absolute Gasteiger partial charge is 0.748 e. The minimum atomic E-state index is -4.10. The van der Waals surface area contributed by atoms with Gasteiger partial charge < -0.3 is 9.66 Å². The molecule has 0 aromatic rings. The van der Waals surface area contributed by atoms with Gasteiger partial charge in [0.2, 0.25) is 0 Å². The van der Waals surface area contributed by atoms with Crippen LogP contribution in [0.5, 0.6) is 0 Å². The van der Waals surface area contributed by atoms with Crippen LogP contribution < -0.4 is 51.4 Å². The summed E-state index contributed by atoms with van der Waals surface area (Å²) in [4.78, 5) is 0. The maximum Gasteiger partial charge on any atom is 1.00 e. The van der Waals surface area contributed by atoms with Crippen LogP contribution in [-0.2, 0) is 10.1 Å². The summed E-state index contributed by atoms with van der Waals surface area (Å²) in [5, 5.41) is 8.49. The molecule has 0 bridgehead atoms. The van der Waals surface area contributed by atoms with E-state index >= 15 is 0 Å². The van der Waals surface area contributed by atoms with Crippen LogP contribution in [0.4, 0.5) is 0 Å². The van der Waals surface area contributed by atoms with Crippen molar-refractivity contribution in [2.75, 3.05) is 0 Å². The Hall–Kier alpha value is 1.51. The van der Waals surface area contributed by atoms with Crippen molar-refractivity contribution >= 4 is 10.1 Å². The fourth-order valence-corrected chi connectivity index (χ4v) is 4.17. The molecule has 0 radical (unpaired) electrons. The van der Waals surface area contributed by atoms with Crippen LogP contribution in [0.25, 0.3) is 0 Å². The van der Waals surface area contributed by atoms with Crippen molar-refractivity contribution < 1.29 is 69.5 Å². The Labute approximate surface area is 205 Å². The number of aliphatic hydroxyl groups excluding tert-OH is 1. The van der Waals surface area contributed by atoms with Crippen molar-refractivity contribution in [1.82, 2.24) is 0 Å². The molecule has 4 nitrogen and oxygen atoms in total. The predicted molar refractivity (Wildman–Crippen MR) is 105 cm³/mol. The molecule has 0 heterocycles. The Morgan fingerprint density at radius 3 is 1.31 bits per heavy atom. The molecule has 6 heteroatoms. The third-order valence-electron chi connectivity index (χ3n) is 5.01. The second kappa shape index (κ2) is 19.8. The topological polar surface area (TPSA) is 77.4 Å². The first-order valence-corrected chi connectivity index (χ1v) is 12.0. The predicted octanol–water partition coefficient (Wildman–Crippen LogP) is 2.55. The molecule has 152 valence electrons. The van der Waals surface area contributed by atoms with Gasteiger partial charge in [-0.05, 0) is 26.2 Å². The second-order valence-electron chi connectivity index (χ2n) is 7.55. The molecule has 2 unspecified atom stereocenters. The summed E-state index contributed by atoms with van der Waals surface area (Å²) < 4.78 is 33.0. The summed E-state index contributed by atoms with van der Waals surface area (Å²) in [7, 11) is -4.10. The SMILES string of the molecule is CCC(CCCCCCCCCCCCCCCC(C)O)S(=O)(=O)[O-].[K+]. The molecule has 26 heavy (non-hydrogen) atoms. The zero-order valence-electron chi connectivity index (χ0n) is 17.5. The molecule has 2 atom stereocenters. The largest absolute Gasteiger partial charge is 1.00 e. The maximum atomic E-state index is 11.0. The van der Waals surface area contributed by atoms with E-state index in [4.69, 9.17) is 0 Å². The van der Waals surface area contributed by atoms with Crippen molar-refractivity contribution in [1.29, 1.82) is 0 Å². The van der Waals surface area contributed by atoms with Gasteiger partial charge in [-0.25, -0.2) is 8.42 Å². The van der Waals surface area contributed by atoms with E-state index in [0.717, 1.165) is 32.1 Å². The molecule has 0 aliphatic rings. The first-order chi connectivity index (χ1) is 11.9. The van der Waals surface area contributed by atoms with Crippen LogP contribution >= 0.6 is 0 Å². The third-order valence-corrected chi connectivity index (χ3v) is 6.40.